The van der Waals surface area contributed by atoms with Crippen molar-refractivity contribution in [2.45, 2.75) is 25.1 Å². The van der Waals surface area contributed by atoms with Gasteiger partial charge < -0.3 is 15.5 Å². The van der Waals surface area contributed by atoms with Crippen LogP contribution in [0.1, 0.15) is 21.6 Å². The van der Waals surface area contributed by atoms with Gasteiger partial charge in [-0.25, -0.2) is 13.9 Å². The van der Waals surface area contributed by atoms with E-state index in [0.29, 0.717) is 10.6 Å². The first-order chi connectivity index (χ1) is 15.2. The number of H-pyrrole nitrogens is 1. The number of aliphatic carboxylic acids is 1. The quantitative estimate of drug-likeness (QED) is 0.393. The molecule has 1 amide bonds. The number of carbonyl (C=O) groups excluding carboxylic acids is 1. The highest BCUT2D eigenvalue weighted by molar-refractivity contribution is 6.31. The maximum Gasteiger partial charge on any atom is 0.334 e. The van der Waals surface area contributed by atoms with Gasteiger partial charge in [-0.3, -0.25) is 14.7 Å². The van der Waals surface area contributed by atoms with Crippen molar-refractivity contribution in [2.75, 3.05) is 0 Å². The summed E-state index contributed by atoms with van der Waals surface area (Å²) in [4.78, 5) is 36.2. The average molecular weight is 482 g/mol. The number of aromatic nitrogens is 2. The van der Waals surface area contributed by atoms with Crippen LogP contribution < -0.4 is 10.9 Å². The standard InChI is InChI=1S/C21H18Cl2FN3O5/c22-13-6-5-12(15(24)8-13)10-27-18(28)9-17(26-27)20(30)25-16(19(29)21(31)32)7-11-3-1-2-4-14(11)23/h1-6,8-9,16,19,26,29H,7,10H2,(H,25,30)(H,31,32)/t16-,19-/m1/s1. The third kappa shape index (κ3) is 5.56. The summed E-state index contributed by atoms with van der Waals surface area (Å²) >= 11 is 11.8. The van der Waals surface area contributed by atoms with E-state index >= 15 is 0 Å². The van der Waals surface area contributed by atoms with Crippen molar-refractivity contribution < 1.29 is 24.2 Å². The molecule has 0 radical (unpaired) electrons. The number of carboxylic acid groups (broad SMARTS) is 1. The number of aliphatic hydroxyl groups is 1. The molecule has 0 unspecified atom stereocenters. The second-order valence-electron chi connectivity index (χ2n) is 6.99. The molecule has 0 saturated heterocycles. The molecular weight excluding hydrogens is 464 g/mol. The van der Waals surface area contributed by atoms with Gasteiger partial charge in [-0.15, -0.1) is 0 Å². The number of rotatable bonds is 8. The van der Waals surface area contributed by atoms with Crippen LogP contribution in [-0.4, -0.2) is 44.0 Å². The third-order valence-electron chi connectivity index (χ3n) is 4.73. The van der Waals surface area contributed by atoms with Crippen molar-refractivity contribution in [1.29, 1.82) is 0 Å². The van der Waals surface area contributed by atoms with Crippen LogP contribution in [0.25, 0.3) is 0 Å². The monoisotopic (exact) mass is 481 g/mol. The van der Waals surface area contributed by atoms with E-state index in [1.54, 1.807) is 24.3 Å². The minimum absolute atomic E-state index is 0.0696. The summed E-state index contributed by atoms with van der Waals surface area (Å²) in [5.74, 6) is -2.98. The normalized spacial score (nSPS) is 12.9. The summed E-state index contributed by atoms with van der Waals surface area (Å²) in [6, 6.07) is 10.3. The fourth-order valence-electron chi connectivity index (χ4n) is 3.05. The Bertz CT molecular complexity index is 1210. The van der Waals surface area contributed by atoms with Gasteiger partial charge in [-0.1, -0.05) is 47.5 Å². The van der Waals surface area contributed by atoms with Gasteiger partial charge in [-0.05, 0) is 30.2 Å². The van der Waals surface area contributed by atoms with Gasteiger partial charge in [0, 0.05) is 21.7 Å². The summed E-state index contributed by atoms with van der Waals surface area (Å²) < 4.78 is 15.0. The third-order valence-corrected chi connectivity index (χ3v) is 5.33. The molecule has 3 rings (SSSR count). The van der Waals surface area contributed by atoms with Gasteiger partial charge in [0.15, 0.2) is 6.10 Å². The van der Waals surface area contributed by atoms with Crippen molar-refractivity contribution in [3.8, 4) is 0 Å². The average Bonchev–Trinajstić information content (AvgIpc) is 3.11. The van der Waals surface area contributed by atoms with Crippen molar-refractivity contribution in [1.82, 2.24) is 15.1 Å². The number of nitrogens with zero attached hydrogens (tertiary/aromatic N) is 1. The number of benzene rings is 2. The van der Waals surface area contributed by atoms with E-state index < -0.39 is 35.4 Å². The highest BCUT2D eigenvalue weighted by Gasteiger charge is 2.29. The van der Waals surface area contributed by atoms with Crippen molar-refractivity contribution in [2.24, 2.45) is 0 Å². The molecule has 8 nitrogen and oxygen atoms in total. The fraction of sp³-hybridized carbons (Fsp3) is 0.190. The van der Waals surface area contributed by atoms with E-state index in [4.69, 9.17) is 23.2 Å². The number of amides is 1. The Morgan fingerprint density at radius 3 is 2.50 bits per heavy atom. The van der Waals surface area contributed by atoms with E-state index in [-0.39, 0.29) is 29.2 Å². The lowest BCUT2D eigenvalue weighted by Gasteiger charge is -2.21. The summed E-state index contributed by atoms with van der Waals surface area (Å²) in [6.07, 6.45) is -1.99. The second kappa shape index (κ2) is 9.99. The smallest absolute Gasteiger partial charge is 0.334 e. The Morgan fingerprint density at radius 2 is 1.84 bits per heavy atom. The minimum Gasteiger partial charge on any atom is -0.479 e. The van der Waals surface area contributed by atoms with Crippen LogP contribution in [0.5, 0.6) is 0 Å². The summed E-state index contributed by atoms with van der Waals surface area (Å²) in [6.45, 7) is -0.185. The van der Waals surface area contributed by atoms with Crippen molar-refractivity contribution in [3.63, 3.8) is 0 Å². The molecule has 0 fully saturated rings. The number of nitrogens with one attached hydrogen (secondary N) is 2. The Balaban J connectivity index is 1.80. The molecule has 1 aromatic heterocycles. The van der Waals surface area contributed by atoms with Gasteiger partial charge >= 0.3 is 5.97 Å². The number of carboxylic acids is 1. The van der Waals surface area contributed by atoms with Crippen molar-refractivity contribution in [3.05, 3.63) is 91.6 Å². The first-order valence-corrected chi connectivity index (χ1v) is 10.1. The van der Waals surface area contributed by atoms with Gasteiger partial charge in [0.1, 0.15) is 11.5 Å². The Morgan fingerprint density at radius 1 is 1.12 bits per heavy atom. The lowest BCUT2D eigenvalue weighted by atomic mass is 10.0. The molecular formula is C21H18Cl2FN3O5. The number of hydrogen-bond acceptors (Lipinski definition) is 4. The fourth-order valence-corrected chi connectivity index (χ4v) is 3.42. The topological polar surface area (TPSA) is 124 Å². The maximum atomic E-state index is 14.0. The number of carbonyl (C=O) groups is 2. The SMILES string of the molecule is O=C(N[C@H](Cc1ccccc1Cl)[C@@H](O)C(=O)O)c1cc(=O)n(Cc2ccc(Cl)cc2F)[nH]1. The van der Waals surface area contributed by atoms with Crippen LogP contribution >= 0.6 is 23.2 Å². The number of aliphatic hydroxyl groups excluding tert-OH is 1. The van der Waals surface area contributed by atoms with E-state index in [1.807, 2.05) is 0 Å². The molecule has 4 N–H and O–H groups in total. The molecule has 32 heavy (non-hydrogen) atoms. The largest absolute Gasteiger partial charge is 0.479 e. The zero-order valence-corrected chi connectivity index (χ0v) is 17.9. The van der Waals surface area contributed by atoms with Gasteiger partial charge in [0.25, 0.3) is 11.5 Å². The molecule has 0 aliphatic carbocycles. The lowest BCUT2D eigenvalue weighted by Crippen LogP contribution is -2.48. The zero-order chi connectivity index (χ0) is 23.4. The zero-order valence-electron chi connectivity index (χ0n) is 16.4. The van der Waals surface area contributed by atoms with Crippen LogP contribution in [0.3, 0.4) is 0 Å². The van der Waals surface area contributed by atoms with Gasteiger partial charge in [0.05, 0.1) is 12.6 Å². The van der Waals surface area contributed by atoms with Gasteiger partial charge in [0.2, 0.25) is 0 Å². The maximum absolute atomic E-state index is 14.0. The first kappa shape index (κ1) is 23.5. The second-order valence-corrected chi connectivity index (χ2v) is 7.83. The Labute approximate surface area is 191 Å². The minimum atomic E-state index is -1.92. The predicted octanol–water partition coefficient (Wildman–Crippen LogP) is 2.46. The van der Waals surface area contributed by atoms with Crippen molar-refractivity contribution >= 4 is 35.1 Å². The van der Waals surface area contributed by atoms with Crippen LogP contribution in [-0.2, 0) is 17.8 Å². The molecule has 0 aliphatic heterocycles. The molecule has 0 bridgehead atoms. The van der Waals surface area contributed by atoms with E-state index in [0.717, 1.165) is 16.8 Å². The first-order valence-electron chi connectivity index (χ1n) is 9.34. The molecule has 1 heterocycles. The Hall–Kier alpha value is -3.14. The molecule has 2 aromatic carbocycles. The molecule has 0 saturated carbocycles. The molecule has 2 atom stereocenters. The van der Waals surface area contributed by atoms with Gasteiger partial charge in [-0.2, -0.15) is 0 Å². The number of halogens is 3. The molecule has 3 aromatic rings. The Kier molecular flexibility index (Phi) is 7.34. The summed E-state index contributed by atoms with van der Waals surface area (Å²) in [5.41, 5.74) is -0.107. The highest BCUT2D eigenvalue weighted by atomic mass is 35.5. The van der Waals surface area contributed by atoms with E-state index in [9.17, 15) is 29.0 Å². The molecule has 168 valence electrons. The molecule has 0 aliphatic rings. The lowest BCUT2D eigenvalue weighted by molar-refractivity contribution is -0.148. The summed E-state index contributed by atoms with van der Waals surface area (Å²) in [5, 5.41) is 24.8. The van der Waals surface area contributed by atoms with Crippen LogP contribution in [0, 0.1) is 5.82 Å². The molecule has 0 spiro atoms. The van der Waals surface area contributed by atoms with E-state index in [2.05, 4.69) is 10.4 Å². The number of hydrogen-bond donors (Lipinski definition) is 4. The number of aromatic amines is 1. The highest BCUT2D eigenvalue weighted by Crippen LogP contribution is 2.18. The molecule has 11 heteroatoms. The van der Waals surface area contributed by atoms with Crippen LogP contribution in [0.4, 0.5) is 4.39 Å². The van der Waals surface area contributed by atoms with Crippen LogP contribution in [0.2, 0.25) is 10.0 Å². The predicted molar refractivity (Wildman–Crippen MR) is 116 cm³/mol. The summed E-state index contributed by atoms with van der Waals surface area (Å²) in [7, 11) is 0. The van der Waals surface area contributed by atoms with E-state index in [1.165, 1.54) is 12.1 Å². The van der Waals surface area contributed by atoms with Crippen LogP contribution in [0.15, 0.2) is 53.3 Å².